The summed E-state index contributed by atoms with van der Waals surface area (Å²) < 4.78 is 12.5. The molecular weight excluding hydrogens is 400 g/mol. The zero-order chi connectivity index (χ0) is 21.5. The van der Waals surface area contributed by atoms with E-state index in [2.05, 4.69) is 4.98 Å². The van der Waals surface area contributed by atoms with Gasteiger partial charge in [-0.2, -0.15) is 0 Å². The lowest BCUT2D eigenvalue weighted by molar-refractivity contribution is -0.123. The molecule has 1 saturated carbocycles. The molecule has 1 aromatic carbocycles. The number of hydrogen-bond acceptors (Lipinski definition) is 7. The molecule has 0 radical (unpaired) electrons. The van der Waals surface area contributed by atoms with Crippen LogP contribution in [0.4, 0.5) is 0 Å². The highest BCUT2D eigenvalue weighted by Crippen LogP contribution is 2.33. The van der Waals surface area contributed by atoms with Crippen molar-refractivity contribution in [3.63, 3.8) is 0 Å². The fourth-order valence-electron chi connectivity index (χ4n) is 3.94. The van der Waals surface area contributed by atoms with Gasteiger partial charge in [0, 0.05) is 30.5 Å². The number of pyridine rings is 2. The van der Waals surface area contributed by atoms with Gasteiger partial charge in [0.2, 0.25) is 0 Å². The lowest BCUT2D eigenvalue weighted by Gasteiger charge is -2.20. The molecule has 0 spiro atoms. The van der Waals surface area contributed by atoms with Crippen LogP contribution in [0.5, 0.6) is 11.5 Å². The number of carbonyl (C=O) groups is 2. The number of ketones is 2. The van der Waals surface area contributed by atoms with E-state index in [-0.39, 0.29) is 24.0 Å². The Balaban J connectivity index is 1.78. The maximum atomic E-state index is 13.5. The zero-order valence-electron chi connectivity index (χ0n) is 16.5. The Bertz CT molecular complexity index is 1320. The third kappa shape index (κ3) is 3.16. The second-order valence-electron chi connectivity index (χ2n) is 7.37. The second kappa shape index (κ2) is 7.39. The number of allylic oxidation sites excluding steroid dienone is 1. The molecule has 3 aromatic rings. The Kier molecular flexibility index (Phi) is 4.54. The van der Waals surface area contributed by atoms with Crippen molar-refractivity contribution < 1.29 is 24.2 Å². The number of hydrogen-bond donors (Lipinski definition) is 1. The van der Waals surface area contributed by atoms with Crippen LogP contribution >= 0.6 is 0 Å². The highest BCUT2D eigenvalue weighted by atomic mass is 16.6. The summed E-state index contributed by atoms with van der Waals surface area (Å²) in [7, 11) is 0. The van der Waals surface area contributed by atoms with Gasteiger partial charge in [0.1, 0.15) is 30.2 Å². The Labute approximate surface area is 176 Å². The van der Waals surface area contributed by atoms with Crippen molar-refractivity contribution in [1.82, 2.24) is 9.55 Å². The quantitative estimate of drug-likeness (QED) is 0.387. The molecule has 3 heterocycles. The number of ether oxygens (including phenoxy) is 2. The molecule has 0 saturated heterocycles. The van der Waals surface area contributed by atoms with Crippen molar-refractivity contribution in [2.24, 2.45) is 0 Å². The molecule has 2 aromatic heterocycles. The number of aliphatic hydroxyl groups excluding tert-OH is 1. The monoisotopic (exact) mass is 418 g/mol. The fraction of sp³-hybridized carbons (Fsp3) is 0.217. The molecule has 8 nitrogen and oxygen atoms in total. The lowest BCUT2D eigenvalue weighted by Crippen LogP contribution is -2.26. The van der Waals surface area contributed by atoms with Gasteiger partial charge in [-0.3, -0.25) is 19.0 Å². The van der Waals surface area contributed by atoms with E-state index in [9.17, 15) is 19.5 Å². The largest absolute Gasteiger partial charge is 0.506 e. The van der Waals surface area contributed by atoms with E-state index >= 15 is 0 Å². The van der Waals surface area contributed by atoms with Gasteiger partial charge in [0.15, 0.2) is 23.1 Å². The minimum Gasteiger partial charge on any atom is -0.506 e. The van der Waals surface area contributed by atoms with Crippen LogP contribution in [0.2, 0.25) is 0 Å². The molecule has 156 valence electrons. The van der Waals surface area contributed by atoms with Crippen LogP contribution in [0, 0.1) is 0 Å². The van der Waals surface area contributed by atoms with E-state index in [1.54, 1.807) is 36.5 Å². The van der Waals surface area contributed by atoms with Gasteiger partial charge in [-0.25, -0.2) is 4.98 Å². The van der Waals surface area contributed by atoms with Crippen LogP contribution in [0.3, 0.4) is 0 Å². The predicted molar refractivity (Wildman–Crippen MR) is 112 cm³/mol. The Morgan fingerprint density at radius 3 is 2.48 bits per heavy atom. The number of aliphatic hydroxyl groups is 1. The Hall–Kier alpha value is -3.94. The van der Waals surface area contributed by atoms with Gasteiger partial charge in [0.25, 0.3) is 5.56 Å². The molecule has 31 heavy (non-hydrogen) atoms. The standard InChI is InChI=1S/C23H18N2O6/c26-16-4-1-5-17(27)20(16)21(28)15-11-13-3-2-8-24-22(13)25(23(15)29)14-6-7-18-19(12-14)31-10-9-30-18/h2-3,6-8,11-12,28H,1,4-5,9-10H2. The van der Waals surface area contributed by atoms with Crippen LogP contribution < -0.4 is 15.0 Å². The summed E-state index contributed by atoms with van der Waals surface area (Å²) in [5.41, 5.74) is -0.209. The molecule has 0 bridgehead atoms. The summed E-state index contributed by atoms with van der Waals surface area (Å²) in [5, 5.41) is 11.4. The molecule has 0 unspecified atom stereocenters. The molecule has 8 heteroatoms. The number of carbonyl (C=O) groups excluding carboxylic acids is 2. The third-order valence-electron chi connectivity index (χ3n) is 5.40. The van der Waals surface area contributed by atoms with Crippen LogP contribution in [0.1, 0.15) is 24.8 Å². The summed E-state index contributed by atoms with van der Waals surface area (Å²) in [6.07, 6.45) is 2.33. The minimum atomic E-state index is -0.598. The maximum Gasteiger partial charge on any atom is 0.267 e. The summed E-state index contributed by atoms with van der Waals surface area (Å²) >= 11 is 0. The van der Waals surface area contributed by atoms with E-state index in [0.29, 0.717) is 47.9 Å². The van der Waals surface area contributed by atoms with Crippen LogP contribution in [0.25, 0.3) is 22.5 Å². The number of nitrogens with zero attached hydrogens (tertiary/aromatic N) is 2. The van der Waals surface area contributed by atoms with Gasteiger partial charge >= 0.3 is 0 Å². The van der Waals surface area contributed by atoms with Gasteiger partial charge in [0.05, 0.1) is 11.3 Å². The van der Waals surface area contributed by atoms with Gasteiger partial charge < -0.3 is 14.6 Å². The lowest BCUT2D eigenvalue weighted by atomic mass is 9.90. The number of benzene rings is 1. The smallest absolute Gasteiger partial charge is 0.267 e. The summed E-state index contributed by atoms with van der Waals surface area (Å²) in [4.78, 5) is 42.5. The third-order valence-corrected chi connectivity index (χ3v) is 5.40. The van der Waals surface area contributed by atoms with E-state index in [1.807, 2.05) is 0 Å². The van der Waals surface area contributed by atoms with E-state index in [0.717, 1.165) is 0 Å². The van der Waals surface area contributed by atoms with Crippen molar-refractivity contribution in [3.05, 3.63) is 64.1 Å². The van der Waals surface area contributed by atoms with Gasteiger partial charge in [-0.15, -0.1) is 0 Å². The number of rotatable bonds is 2. The second-order valence-corrected chi connectivity index (χ2v) is 7.37. The average Bonchev–Trinajstić information content (AvgIpc) is 2.78. The SMILES string of the molecule is O=C1CCCC(=O)C1=C(O)c1cc2cccnc2n(-c2ccc3c(c2)OCCO3)c1=O. The first-order valence-corrected chi connectivity index (χ1v) is 9.95. The molecule has 0 atom stereocenters. The summed E-state index contributed by atoms with van der Waals surface area (Å²) in [5.74, 6) is -0.433. The van der Waals surface area contributed by atoms with E-state index < -0.39 is 22.9 Å². The Morgan fingerprint density at radius 2 is 1.71 bits per heavy atom. The van der Waals surface area contributed by atoms with Gasteiger partial charge in [-0.05, 0) is 36.8 Å². The van der Waals surface area contributed by atoms with E-state index in [1.165, 1.54) is 10.6 Å². The average molecular weight is 418 g/mol. The first kappa shape index (κ1) is 19.0. The molecule has 5 rings (SSSR count). The fourth-order valence-corrected chi connectivity index (χ4v) is 3.94. The Morgan fingerprint density at radius 1 is 0.968 bits per heavy atom. The molecular formula is C23H18N2O6. The molecule has 2 aliphatic rings. The van der Waals surface area contributed by atoms with Crippen molar-refractivity contribution in [2.45, 2.75) is 19.3 Å². The molecule has 1 aliphatic carbocycles. The van der Waals surface area contributed by atoms with Crippen molar-refractivity contribution >= 4 is 28.4 Å². The minimum absolute atomic E-state index is 0.131. The number of aromatic nitrogens is 2. The topological polar surface area (TPSA) is 108 Å². The normalized spacial score (nSPS) is 15.9. The zero-order valence-corrected chi connectivity index (χ0v) is 16.5. The molecule has 1 aliphatic heterocycles. The van der Waals surface area contributed by atoms with E-state index in [4.69, 9.17) is 9.47 Å². The van der Waals surface area contributed by atoms with Crippen LogP contribution in [0.15, 0.2) is 53.0 Å². The van der Waals surface area contributed by atoms with Crippen molar-refractivity contribution in [2.75, 3.05) is 13.2 Å². The first-order chi connectivity index (χ1) is 15.0. The highest BCUT2D eigenvalue weighted by molar-refractivity contribution is 6.25. The summed E-state index contributed by atoms with van der Waals surface area (Å²) in [6, 6.07) is 9.94. The first-order valence-electron chi connectivity index (χ1n) is 9.95. The molecule has 1 N–H and O–H groups in total. The predicted octanol–water partition coefficient (Wildman–Crippen LogP) is 2.75. The molecule has 1 fully saturated rings. The van der Waals surface area contributed by atoms with Crippen LogP contribution in [-0.4, -0.2) is 39.4 Å². The van der Waals surface area contributed by atoms with Gasteiger partial charge in [-0.1, -0.05) is 0 Å². The van der Waals surface area contributed by atoms with Crippen molar-refractivity contribution in [1.29, 1.82) is 0 Å². The number of fused-ring (bicyclic) bond motifs is 2. The van der Waals surface area contributed by atoms with Crippen molar-refractivity contribution in [3.8, 4) is 17.2 Å². The van der Waals surface area contributed by atoms with Crippen LogP contribution in [-0.2, 0) is 9.59 Å². The molecule has 0 amide bonds. The number of Topliss-reactive ketones (excluding diaryl/α,β-unsaturated/α-hetero) is 2. The maximum absolute atomic E-state index is 13.5. The highest BCUT2D eigenvalue weighted by Gasteiger charge is 2.29. The summed E-state index contributed by atoms with van der Waals surface area (Å²) in [6.45, 7) is 0.831.